The van der Waals surface area contributed by atoms with Gasteiger partial charge in [-0.15, -0.1) is 0 Å². The van der Waals surface area contributed by atoms with Crippen molar-refractivity contribution in [3.05, 3.63) is 68.6 Å². The summed E-state index contributed by atoms with van der Waals surface area (Å²) in [4.78, 5) is 23.3. The Morgan fingerprint density at radius 3 is 1.52 bits per heavy atom. The van der Waals surface area contributed by atoms with E-state index >= 15 is 0 Å². The maximum atomic E-state index is 11.7. The van der Waals surface area contributed by atoms with E-state index in [1.54, 1.807) is 0 Å². The number of carbonyl (C=O) groups excluding carboxylic acids is 2. The first kappa shape index (κ1) is 17.7. The standard InChI is InChI=1S/C17H14Br2O4/c18-14-7-3-1-5-12(14)10-22-16(20)9-17(21)23-11-13-6-2-4-8-15(13)19/h1-8H,9-11H2. The third kappa shape index (κ3) is 5.80. The normalized spacial score (nSPS) is 10.2. The van der Waals surface area contributed by atoms with Crippen LogP contribution in [-0.2, 0) is 32.3 Å². The summed E-state index contributed by atoms with van der Waals surface area (Å²) in [5.41, 5.74) is 1.67. The minimum atomic E-state index is -0.613. The predicted molar refractivity (Wildman–Crippen MR) is 92.5 cm³/mol. The summed E-state index contributed by atoms with van der Waals surface area (Å²) in [7, 11) is 0. The van der Waals surface area contributed by atoms with Crippen molar-refractivity contribution in [2.75, 3.05) is 0 Å². The van der Waals surface area contributed by atoms with Crippen molar-refractivity contribution in [3.63, 3.8) is 0 Å². The second-order valence-corrected chi connectivity index (χ2v) is 6.39. The van der Waals surface area contributed by atoms with Crippen LogP contribution in [0.2, 0.25) is 0 Å². The number of rotatable bonds is 6. The van der Waals surface area contributed by atoms with Gasteiger partial charge in [0.05, 0.1) is 0 Å². The molecule has 0 N–H and O–H groups in total. The average molecular weight is 442 g/mol. The van der Waals surface area contributed by atoms with Gasteiger partial charge < -0.3 is 9.47 Å². The Bertz CT molecular complexity index is 641. The number of benzene rings is 2. The molecule has 23 heavy (non-hydrogen) atoms. The zero-order valence-corrected chi connectivity index (χ0v) is 15.3. The first-order chi connectivity index (χ1) is 11.1. The van der Waals surface area contributed by atoms with E-state index in [1.165, 1.54) is 0 Å². The van der Waals surface area contributed by atoms with Gasteiger partial charge in [-0.2, -0.15) is 0 Å². The molecular weight excluding hydrogens is 428 g/mol. The Labute approximate surface area is 151 Å². The molecule has 2 rings (SSSR count). The first-order valence-electron chi connectivity index (χ1n) is 6.84. The minimum Gasteiger partial charge on any atom is -0.460 e. The number of halogens is 2. The van der Waals surface area contributed by atoms with E-state index in [0.717, 1.165) is 20.1 Å². The molecule has 2 aromatic carbocycles. The molecule has 0 aliphatic rings. The molecule has 0 aromatic heterocycles. The van der Waals surface area contributed by atoms with Gasteiger partial charge in [-0.3, -0.25) is 9.59 Å². The van der Waals surface area contributed by atoms with Crippen molar-refractivity contribution in [3.8, 4) is 0 Å². The molecule has 0 unspecified atom stereocenters. The van der Waals surface area contributed by atoms with Crippen molar-refractivity contribution in [2.45, 2.75) is 19.6 Å². The van der Waals surface area contributed by atoms with Gasteiger partial charge in [-0.05, 0) is 12.1 Å². The molecule has 0 amide bonds. The zero-order chi connectivity index (χ0) is 16.7. The Morgan fingerprint density at radius 2 is 1.13 bits per heavy atom. The summed E-state index contributed by atoms with van der Waals surface area (Å²) >= 11 is 6.73. The van der Waals surface area contributed by atoms with Gasteiger partial charge >= 0.3 is 11.9 Å². The Kier molecular flexibility index (Phi) is 6.80. The number of ether oxygens (including phenoxy) is 2. The number of carbonyl (C=O) groups is 2. The van der Waals surface area contributed by atoms with Crippen LogP contribution in [-0.4, -0.2) is 11.9 Å². The first-order valence-corrected chi connectivity index (χ1v) is 8.43. The molecular formula is C17H14Br2O4. The highest BCUT2D eigenvalue weighted by Gasteiger charge is 2.13. The molecule has 0 saturated heterocycles. The molecule has 0 heterocycles. The van der Waals surface area contributed by atoms with Crippen molar-refractivity contribution in [2.24, 2.45) is 0 Å². The topological polar surface area (TPSA) is 52.6 Å². The third-order valence-corrected chi connectivity index (χ3v) is 4.53. The van der Waals surface area contributed by atoms with E-state index in [0.29, 0.717) is 0 Å². The molecule has 0 aliphatic carbocycles. The van der Waals surface area contributed by atoms with Crippen molar-refractivity contribution < 1.29 is 19.1 Å². The Hall–Kier alpha value is -1.66. The van der Waals surface area contributed by atoms with Crippen LogP contribution in [0.1, 0.15) is 17.5 Å². The van der Waals surface area contributed by atoms with E-state index in [-0.39, 0.29) is 13.2 Å². The van der Waals surface area contributed by atoms with E-state index in [4.69, 9.17) is 9.47 Å². The van der Waals surface area contributed by atoms with Crippen LogP contribution in [0.15, 0.2) is 57.5 Å². The quantitative estimate of drug-likeness (QED) is 0.492. The van der Waals surface area contributed by atoms with Crippen molar-refractivity contribution >= 4 is 43.8 Å². The van der Waals surface area contributed by atoms with Gasteiger partial charge in [0, 0.05) is 20.1 Å². The molecule has 120 valence electrons. The SMILES string of the molecule is O=C(CC(=O)OCc1ccccc1Br)OCc1ccccc1Br. The van der Waals surface area contributed by atoms with Crippen LogP contribution in [0.4, 0.5) is 0 Å². The Balaban J connectivity index is 1.76. The maximum Gasteiger partial charge on any atom is 0.317 e. The van der Waals surface area contributed by atoms with Gasteiger partial charge in [-0.1, -0.05) is 68.3 Å². The zero-order valence-electron chi connectivity index (χ0n) is 12.1. The maximum absolute atomic E-state index is 11.7. The molecule has 4 nitrogen and oxygen atoms in total. The lowest BCUT2D eigenvalue weighted by molar-refractivity contribution is -0.156. The predicted octanol–water partition coefficient (Wildman–Crippen LogP) is 4.39. The van der Waals surface area contributed by atoms with Gasteiger partial charge in [0.2, 0.25) is 0 Å². The third-order valence-electron chi connectivity index (χ3n) is 2.98. The summed E-state index contributed by atoms with van der Waals surface area (Å²) in [6, 6.07) is 14.8. The molecule has 0 aliphatic heterocycles. The lowest BCUT2D eigenvalue weighted by atomic mass is 10.2. The molecule has 0 radical (unpaired) electrons. The van der Waals surface area contributed by atoms with Crippen molar-refractivity contribution in [1.29, 1.82) is 0 Å². The highest BCUT2D eigenvalue weighted by molar-refractivity contribution is 9.10. The number of esters is 2. The van der Waals surface area contributed by atoms with E-state index in [1.807, 2.05) is 48.5 Å². The van der Waals surface area contributed by atoms with Gasteiger partial charge in [0.15, 0.2) is 0 Å². The molecule has 0 atom stereocenters. The van der Waals surface area contributed by atoms with Crippen LogP contribution in [0.5, 0.6) is 0 Å². The smallest absolute Gasteiger partial charge is 0.317 e. The number of hydrogen-bond acceptors (Lipinski definition) is 4. The van der Waals surface area contributed by atoms with Crippen LogP contribution in [0, 0.1) is 0 Å². The van der Waals surface area contributed by atoms with Crippen LogP contribution in [0.3, 0.4) is 0 Å². The lowest BCUT2D eigenvalue weighted by Gasteiger charge is -2.08. The fourth-order valence-electron chi connectivity index (χ4n) is 1.77. The van der Waals surface area contributed by atoms with Crippen LogP contribution in [0.25, 0.3) is 0 Å². The molecule has 0 fully saturated rings. The second kappa shape index (κ2) is 8.84. The highest BCUT2D eigenvalue weighted by Crippen LogP contribution is 2.18. The second-order valence-electron chi connectivity index (χ2n) is 4.68. The molecule has 6 heteroatoms. The van der Waals surface area contributed by atoms with Gasteiger partial charge in [0.25, 0.3) is 0 Å². The summed E-state index contributed by atoms with van der Waals surface area (Å²) in [6.07, 6.45) is -0.408. The minimum absolute atomic E-state index is 0.109. The van der Waals surface area contributed by atoms with E-state index in [9.17, 15) is 9.59 Å². The van der Waals surface area contributed by atoms with Gasteiger partial charge in [0.1, 0.15) is 19.6 Å². The summed E-state index contributed by atoms with van der Waals surface area (Å²) < 4.78 is 11.9. The lowest BCUT2D eigenvalue weighted by Crippen LogP contribution is -2.14. The molecule has 0 saturated carbocycles. The van der Waals surface area contributed by atoms with Crippen LogP contribution < -0.4 is 0 Å². The summed E-state index contributed by atoms with van der Waals surface area (Å²) in [6.45, 7) is 0.218. The average Bonchev–Trinajstić information content (AvgIpc) is 2.53. The monoisotopic (exact) mass is 440 g/mol. The largest absolute Gasteiger partial charge is 0.460 e. The molecule has 0 bridgehead atoms. The molecule has 0 spiro atoms. The highest BCUT2D eigenvalue weighted by atomic mass is 79.9. The molecule has 2 aromatic rings. The summed E-state index contributed by atoms with van der Waals surface area (Å²) in [5.74, 6) is -1.23. The van der Waals surface area contributed by atoms with E-state index in [2.05, 4.69) is 31.9 Å². The fourth-order valence-corrected chi connectivity index (χ4v) is 2.57. The van der Waals surface area contributed by atoms with E-state index < -0.39 is 18.4 Å². The fraction of sp³-hybridized carbons (Fsp3) is 0.176. The van der Waals surface area contributed by atoms with Gasteiger partial charge in [-0.25, -0.2) is 0 Å². The van der Waals surface area contributed by atoms with Crippen LogP contribution >= 0.6 is 31.9 Å². The van der Waals surface area contributed by atoms with Crippen molar-refractivity contribution in [1.82, 2.24) is 0 Å². The summed E-state index contributed by atoms with van der Waals surface area (Å²) in [5, 5.41) is 0. The number of hydrogen-bond donors (Lipinski definition) is 0. The Morgan fingerprint density at radius 1 is 0.739 bits per heavy atom.